The number of rotatable bonds is 7. The highest BCUT2D eigenvalue weighted by atomic mass is 35.5. The first kappa shape index (κ1) is 18.0. The Kier molecular flexibility index (Phi) is 6.69. The Balaban J connectivity index is 1.90. The van der Waals surface area contributed by atoms with Gasteiger partial charge >= 0.3 is 6.03 Å². The first-order chi connectivity index (χ1) is 11.0. The average molecular weight is 358 g/mol. The molecule has 0 atom stereocenters. The summed E-state index contributed by atoms with van der Waals surface area (Å²) >= 11 is 12.0. The second-order valence-electron chi connectivity index (χ2n) is 5.69. The number of benzene rings is 1. The van der Waals surface area contributed by atoms with E-state index in [1.54, 1.807) is 6.07 Å². The van der Waals surface area contributed by atoms with E-state index >= 15 is 0 Å². The average Bonchev–Trinajstić information content (AvgIpc) is 3.33. The molecule has 1 aliphatic rings. The Labute approximate surface area is 146 Å². The minimum atomic E-state index is -0.442. The van der Waals surface area contributed by atoms with Gasteiger partial charge in [0, 0.05) is 19.1 Å². The molecule has 2 rings (SSSR count). The summed E-state index contributed by atoms with van der Waals surface area (Å²) in [4.78, 5) is 25.6. The van der Waals surface area contributed by atoms with E-state index in [1.165, 1.54) is 0 Å². The number of carbonyl (C=O) groups is 2. The zero-order valence-corrected chi connectivity index (χ0v) is 14.6. The lowest BCUT2D eigenvalue weighted by Crippen LogP contribution is -2.45. The number of halogens is 2. The Morgan fingerprint density at radius 2 is 2.00 bits per heavy atom. The Morgan fingerprint density at radius 3 is 2.61 bits per heavy atom. The zero-order valence-electron chi connectivity index (χ0n) is 13.1. The lowest BCUT2D eigenvalue weighted by Gasteiger charge is -2.21. The van der Waals surface area contributed by atoms with Crippen LogP contribution in [0.25, 0.3) is 0 Å². The topological polar surface area (TPSA) is 61.4 Å². The van der Waals surface area contributed by atoms with Crippen LogP contribution in [0, 0.1) is 0 Å². The van der Waals surface area contributed by atoms with Gasteiger partial charge in [-0.25, -0.2) is 4.79 Å². The highest BCUT2D eigenvalue weighted by Crippen LogP contribution is 2.29. The van der Waals surface area contributed by atoms with E-state index in [-0.39, 0.29) is 12.5 Å². The summed E-state index contributed by atoms with van der Waals surface area (Å²) in [6, 6.07) is 5.40. The van der Waals surface area contributed by atoms with E-state index in [0.717, 1.165) is 24.8 Å². The maximum absolute atomic E-state index is 12.0. The molecule has 0 aliphatic heterocycles. The van der Waals surface area contributed by atoms with E-state index in [2.05, 4.69) is 15.5 Å². The van der Waals surface area contributed by atoms with Crippen LogP contribution in [-0.4, -0.2) is 36.0 Å². The van der Waals surface area contributed by atoms with Crippen molar-refractivity contribution in [2.45, 2.75) is 38.8 Å². The first-order valence-corrected chi connectivity index (χ1v) is 8.51. The van der Waals surface area contributed by atoms with Gasteiger partial charge in [-0.15, -0.1) is 0 Å². The molecule has 0 radical (unpaired) electrons. The van der Waals surface area contributed by atoms with Gasteiger partial charge in [-0.3, -0.25) is 15.0 Å². The number of nitrogens with one attached hydrogen (secondary N) is 2. The summed E-state index contributed by atoms with van der Waals surface area (Å²) in [7, 11) is 0. The molecule has 0 spiro atoms. The van der Waals surface area contributed by atoms with Crippen LogP contribution in [0.1, 0.15) is 31.7 Å². The van der Waals surface area contributed by atoms with Gasteiger partial charge in [0.1, 0.15) is 0 Å². The molecule has 0 heterocycles. The predicted octanol–water partition coefficient (Wildman–Crippen LogP) is 3.19. The molecule has 0 saturated heterocycles. The summed E-state index contributed by atoms with van der Waals surface area (Å²) in [6.45, 7) is 3.29. The summed E-state index contributed by atoms with van der Waals surface area (Å²) < 4.78 is 0. The Morgan fingerprint density at radius 1 is 1.26 bits per heavy atom. The van der Waals surface area contributed by atoms with Crippen LogP contribution in [-0.2, 0) is 11.3 Å². The molecule has 1 fully saturated rings. The van der Waals surface area contributed by atoms with Crippen molar-refractivity contribution in [2.24, 2.45) is 0 Å². The van der Waals surface area contributed by atoms with E-state index in [0.29, 0.717) is 29.2 Å². The van der Waals surface area contributed by atoms with Gasteiger partial charge in [0.15, 0.2) is 0 Å². The van der Waals surface area contributed by atoms with Gasteiger partial charge in [0.2, 0.25) is 5.91 Å². The fourth-order valence-corrected chi connectivity index (χ4v) is 2.58. The number of imide groups is 1. The molecule has 3 amide bonds. The van der Waals surface area contributed by atoms with Crippen LogP contribution < -0.4 is 10.6 Å². The molecular formula is C16H21Cl2N3O2. The van der Waals surface area contributed by atoms with Crippen LogP contribution >= 0.6 is 23.2 Å². The maximum Gasteiger partial charge on any atom is 0.321 e. The van der Waals surface area contributed by atoms with E-state index in [1.807, 2.05) is 19.1 Å². The van der Waals surface area contributed by atoms with Gasteiger partial charge < -0.3 is 5.32 Å². The first-order valence-electron chi connectivity index (χ1n) is 7.75. The number of urea groups is 1. The fraction of sp³-hybridized carbons (Fsp3) is 0.500. The van der Waals surface area contributed by atoms with Crippen LogP contribution in [0.15, 0.2) is 18.2 Å². The molecule has 7 heteroatoms. The van der Waals surface area contributed by atoms with Crippen LogP contribution in [0.2, 0.25) is 10.0 Å². The van der Waals surface area contributed by atoms with Crippen molar-refractivity contribution in [3.05, 3.63) is 33.8 Å². The third-order valence-corrected chi connectivity index (χ3v) is 4.31. The Bertz CT molecular complexity index is 576. The van der Waals surface area contributed by atoms with Crippen molar-refractivity contribution in [2.75, 3.05) is 13.1 Å². The standard InChI is InChI=1S/C16H21Cl2N3O2/c1-2-7-19-16(23)20-15(22)10-21(12-4-5-12)9-11-3-6-13(17)14(18)8-11/h3,6,8,12H,2,4-5,7,9-10H2,1H3,(H2,19,20,22,23). The molecule has 0 unspecified atom stereocenters. The van der Waals surface area contributed by atoms with E-state index in [9.17, 15) is 9.59 Å². The number of hydrogen-bond donors (Lipinski definition) is 2. The number of carbonyl (C=O) groups excluding carboxylic acids is 2. The fourth-order valence-electron chi connectivity index (χ4n) is 2.26. The van der Waals surface area contributed by atoms with E-state index in [4.69, 9.17) is 23.2 Å². The summed E-state index contributed by atoms with van der Waals surface area (Å²) in [6.07, 6.45) is 2.96. The van der Waals surface area contributed by atoms with Crippen molar-refractivity contribution in [1.29, 1.82) is 0 Å². The van der Waals surface area contributed by atoms with Gasteiger partial charge in [-0.1, -0.05) is 36.2 Å². The number of hydrogen-bond acceptors (Lipinski definition) is 3. The van der Waals surface area contributed by atoms with Gasteiger partial charge in [0.25, 0.3) is 0 Å². The third kappa shape index (κ3) is 6.01. The molecule has 1 aliphatic carbocycles. The molecule has 0 bridgehead atoms. The van der Waals surface area contributed by atoms with Crippen molar-refractivity contribution in [3.8, 4) is 0 Å². The molecule has 5 nitrogen and oxygen atoms in total. The summed E-state index contributed by atoms with van der Waals surface area (Å²) in [5.74, 6) is -0.300. The molecule has 1 aromatic carbocycles. The zero-order chi connectivity index (χ0) is 16.8. The molecule has 0 aromatic heterocycles. The highest BCUT2D eigenvalue weighted by Gasteiger charge is 2.30. The quantitative estimate of drug-likeness (QED) is 0.787. The summed E-state index contributed by atoms with van der Waals surface area (Å²) in [5.41, 5.74) is 0.995. The van der Waals surface area contributed by atoms with Crippen molar-refractivity contribution in [3.63, 3.8) is 0 Å². The lowest BCUT2D eigenvalue weighted by atomic mass is 10.2. The smallest absolute Gasteiger partial charge is 0.321 e. The van der Waals surface area contributed by atoms with Crippen molar-refractivity contribution < 1.29 is 9.59 Å². The van der Waals surface area contributed by atoms with Crippen LogP contribution in [0.5, 0.6) is 0 Å². The minimum absolute atomic E-state index is 0.185. The monoisotopic (exact) mass is 357 g/mol. The van der Waals surface area contributed by atoms with Gasteiger partial charge in [-0.05, 0) is 37.0 Å². The predicted molar refractivity (Wildman–Crippen MR) is 91.7 cm³/mol. The maximum atomic E-state index is 12.0. The largest absolute Gasteiger partial charge is 0.338 e. The molecule has 1 aromatic rings. The summed E-state index contributed by atoms with van der Waals surface area (Å²) in [5, 5.41) is 6.00. The van der Waals surface area contributed by atoms with Gasteiger partial charge in [-0.2, -0.15) is 0 Å². The number of nitrogens with zero attached hydrogens (tertiary/aromatic N) is 1. The Hall–Kier alpha value is -1.30. The lowest BCUT2D eigenvalue weighted by molar-refractivity contribution is -0.121. The molecular weight excluding hydrogens is 337 g/mol. The second kappa shape index (κ2) is 8.52. The van der Waals surface area contributed by atoms with E-state index < -0.39 is 6.03 Å². The normalized spacial score (nSPS) is 13.9. The minimum Gasteiger partial charge on any atom is -0.338 e. The molecule has 1 saturated carbocycles. The number of amides is 3. The highest BCUT2D eigenvalue weighted by molar-refractivity contribution is 6.42. The second-order valence-corrected chi connectivity index (χ2v) is 6.50. The SMILES string of the molecule is CCCNC(=O)NC(=O)CN(Cc1ccc(Cl)c(Cl)c1)C1CC1. The molecule has 2 N–H and O–H groups in total. The molecule has 126 valence electrons. The van der Waals surface area contributed by atoms with Gasteiger partial charge in [0.05, 0.1) is 16.6 Å². The molecule has 23 heavy (non-hydrogen) atoms. The van der Waals surface area contributed by atoms with Crippen molar-refractivity contribution in [1.82, 2.24) is 15.5 Å². The van der Waals surface area contributed by atoms with Crippen LogP contribution in [0.3, 0.4) is 0 Å². The van der Waals surface area contributed by atoms with Crippen molar-refractivity contribution >= 4 is 35.1 Å². The third-order valence-electron chi connectivity index (χ3n) is 3.57. The van der Waals surface area contributed by atoms with Crippen LogP contribution in [0.4, 0.5) is 4.79 Å².